The standard InChI is InChI=1S/C86H94N4O11/c1-50(92)100-64-24-28-86-59-12-6-13-60(86)15-8-18-71(86)69-46-87-45-68(69)66(17-7-14-59)80(54-11-5-16-61(93)35-54)55-25-31-88-79(39-55)89(32-26-75(96)52-9-3-4-10-52)72-22-21-67-81-70(72)47-90-73(41-63(95)40-64)57-37-76(97)82(78(38-57)99-2)101-77-42-62(94)36-56-34-53(19-20-65(56)77)58(48-91)33-51-23-27-84(43-51)29-30-85(49-84,83(67)98)44-74(81)90/h5-6,8,11-13,16,18,21-22,25,35-39,42,45-47,51-53,58,60,64,66,71,73,80,83,87-88,91,93-94,97-98H,3-4,9-10,14-15,19-20,23-24,26-34,40-41,43-44,48-49H2,1-2H3/t51-,53-,58-,60+,64+,66+,71+,73-,80+,83+,84+,85+,86-/m0/s1. The fourth-order valence-electron chi connectivity index (χ4n) is 22.0. The first-order valence-corrected chi connectivity index (χ1v) is 37.6. The zero-order valence-corrected chi connectivity index (χ0v) is 58.2. The number of aromatic nitrogens is 2. The number of aliphatic hydroxyl groups excluding tert-OH is 2. The van der Waals surface area contributed by atoms with E-state index in [1.165, 1.54) is 19.6 Å². The number of aromatic hydroxyl groups is 3. The summed E-state index contributed by atoms with van der Waals surface area (Å²) in [7, 11) is 1.54. The van der Waals surface area contributed by atoms with Crippen molar-refractivity contribution in [3.63, 3.8) is 0 Å². The number of dihydropyridines is 1. The average Bonchev–Trinajstić information content (AvgIpc) is 1.57. The van der Waals surface area contributed by atoms with E-state index in [2.05, 4.69) is 111 Å². The van der Waals surface area contributed by atoms with Gasteiger partial charge in [0.2, 0.25) is 5.75 Å². The molecule has 3 spiro atoms. The Morgan fingerprint density at radius 2 is 1.76 bits per heavy atom. The number of anilines is 1. The van der Waals surface area contributed by atoms with E-state index in [9.17, 15) is 35.1 Å². The minimum Gasteiger partial charge on any atom is -0.508 e. The molecule has 0 unspecified atom stereocenters. The molecule has 20 rings (SSSR count). The van der Waals surface area contributed by atoms with Crippen molar-refractivity contribution in [2.75, 3.05) is 31.7 Å². The number of allylic oxidation sites excluding steroid dienone is 8. The van der Waals surface area contributed by atoms with E-state index < -0.39 is 46.9 Å². The van der Waals surface area contributed by atoms with Crippen LogP contribution in [0.2, 0.25) is 0 Å². The van der Waals surface area contributed by atoms with Crippen LogP contribution in [-0.4, -0.2) is 85.5 Å². The number of hydrogen-bond acceptors (Lipinski definition) is 13. The van der Waals surface area contributed by atoms with Crippen LogP contribution in [0.1, 0.15) is 203 Å². The first-order chi connectivity index (χ1) is 49.1. The molecule has 6 aromatic rings. The molecule has 8 heterocycles. The maximum Gasteiger partial charge on any atom is 0.302 e. The molecule has 14 aliphatic rings. The monoisotopic (exact) mass is 1360 g/mol. The molecule has 4 aromatic carbocycles. The Kier molecular flexibility index (Phi) is 16.9. The average molecular weight is 1360 g/mol. The summed E-state index contributed by atoms with van der Waals surface area (Å²) in [5.74, 6) is 8.47. The van der Waals surface area contributed by atoms with Crippen molar-refractivity contribution in [1.29, 1.82) is 0 Å². The number of fused-ring (bicyclic) bond motifs is 1. The molecule has 3 saturated carbocycles. The Morgan fingerprint density at radius 3 is 2.60 bits per heavy atom. The van der Waals surface area contributed by atoms with Gasteiger partial charge >= 0.3 is 5.97 Å². The van der Waals surface area contributed by atoms with E-state index in [0.717, 1.165) is 150 Å². The number of phenols is 3. The van der Waals surface area contributed by atoms with Crippen molar-refractivity contribution in [1.82, 2.24) is 14.9 Å². The van der Waals surface area contributed by atoms with E-state index in [1.807, 2.05) is 24.3 Å². The molecule has 7 N–H and O–H groups in total. The van der Waals surface area contributed by atoms with E-state index in [1.54, 1.807) is 18.2 Å². The number of phenolic OH excluding ortho intramolecular Hbond substituents is 3. The van der Waals surface area contributed by atoms with Gasteiger partial charge < -0.3 is 59.5 Å². The number of H-pyrrole nitrogens is 1. The number of carbonyl (C=O) groups excluding carboxylic acids is 3. The van der Waals surface area contributed by atoms with Gasteiger partial charge in [-0.15, -0.1) is 0 Å². The zero-order valence-electron chi connectivity index (χ0n) is 58.2. The molecule has 0 saturated heterocycles. The first kappa shape index (κ1) is 65.6. The largest absolute Gasteiger partial charge is 0.508 e. The van der Waals surface area contributed by atoms with Crippen molar-refractivity contribution in [3.05, 3.63) is 183 Å². The number of Topliss-reactive ketones (excluding diaryl/α,β-unsaturated/α-hetero) is 2. The summed E-state index contributed by atoms with van der Waals surface area (Å²) < 4.78 is 21.8. The smallest absolute Gasteiger partial charge is 0.302 e. The van der Waals surface area contributed by atoms with Gasteiger partial charge in [-0.05, 0) is 219 Å². The molecule has 524 valence electrons. The molecular formula is C86H94N4O11. The van der Waals surface area contributed by atoms with Gasteiger partial charge in [-0.25, -0.2) is 0 Å². The van der Waals surface area contributed by atoms with Gasteiger partial charge in [-0.1, -0.05) is 84.9 Å². The van der Waals surface area contributed by atoms with Crippen LogP contribution in [-0.2, 0) is 38.4 Å². The number of aliphatic hydroxyl groups is 2. The molecule has 13 atom stereocenters. The maximum absolute atomic E-state index is 16.1. The van der Waals surface area contributed by atoms with Crippen LogP contribution < -0.4 is 19.7 Å². The van der Waals surface area contributed by atoms with Crippen LogP contribution in [0.15, 0.2) is 139 Å². The lowest BCUT2D eigenvalue weighted by atomic mass is 9.53. The van der Waals surface area contributed by atoms with Gasteiger partial charge in [-0.2, -0.15) is 0 Å². The normalized spacial score (nSPS) is 31.0. The van der Waals surface area contributed by atoms with Gasteiger partial charge in [0, 0.05) is 122 Å². The highest BCUT2D eigenvalue weighted by molar-refractivity contribution is 6.01. The molecule has 15 nitrogen and oxygen atoms in total. The van der Waals surface area contributed by atoms with Crippen molar-refractivity contribution in [2.24, 2.45) is 45.8 Å². The number of benzene rings is 4. The highest BCUT2D eigenvalue weighted by atomic mass is 16.5. The van der Waals surface area contributed by atoms with Crippen molar-refractivity contribution < 1.29 is 54.1 Å². The number of methoxy groups -OCH3 is 1. The molecule has 16 bridgehead atoms. The summed E-state index contributed by atoms with van der Waals surface area (Å²) in [6.45, 7) is 2.27. The summed E-state index contributed by atoms with van der Waals surface area (Å²) in [5.41, 5.74) is 9.19. The highest BCUT2D eigenvalue weighted by Crippen LogP contribution is 2.67. The number of aromatic amines is 1. The number of rotatable bonds is 8. The molecule has 6 aliphatic heterocycles. The number of ether oxygens (including phenoxy) is 3. The number of esters is 1. The first-order valence-electron chi connectivity index (χ1n) is 37.6. The topological polar surface area (TPSA) is 216 Å². The fourth-order valence-corrected chi connectivity index (χ4v) is 22.0. The second kappa shape index (κ2) is 26.0. The van der Waals surface area contributed by atoms with Gasteiger partial charge in [0.1, 0.15) is 40.7 Å². The third-order valence-corrected chi connectivity index (χ3v) is 26.6. The van der Waals surface area contributed by atoms with Gasteiger partial charge in [0.25, 0.3) is 0 Å². The summed E-state index contributed by atoms with van der Waals surface area (Å²) in [4.78, 5) is 50.3. The molecule has 15 heteroatoms. The Morgan fingerprint density at radius 1 is 0.891 bits per heavy atom. The quantitative estimate of drug-likeness (QED) is 0.0429. The summed E-state index contributed by atoms with van der Waals surface area (Å²) in [6.07, 6.45) is 36.0. The predicted octanol–water partition coefficient (Wildman–Crippen LogP) is 15.7. The lowest BCUT2D eigenvalue weighted by Crippen LogP contribution is -2.41. The molecule has 0 amide bonds. The molecule has 101 heavy (non-hydrogen) atoms. The SMILES string of the molecule is COc1cc2cc(O)c1Oc1cc(O)cc3c1CC[C@@H](C3)[C@H](CO)C[C@@H]1CC[C@@]3(CC[C@@]4(Cc5c6c(ccc7c6cn5[C@H]2CC(=O)C[C@H](OC(C)=O)CC[C@]25C6=CC=C[C@@H]2CC=C[C@@H]5c2c[nH]cc2[C@@H](C#CC6)[C@H](c2cccc(O)c2)C2=CCNC(=C2)N7CCC(=O)C2CCCC2)[C@H]4O)C3)C1. The highest BCUT2D eigenvalue weighted by Gasteiger charge is 2.57. The number of hydrogen-bond donors (Lipinski definition) is 7. The minimum atomic E-state index is -0.839. The predicted molar refractivity (Wildman–Crippen MR) is 387 cm³/mol. The molecule has 3 fully saturated rings. The van der Waals surface area contributed by atoms with Gasteiger partial charge in [-0.3, -0.25) is 14.4 Å². The van der Waals surface area contributed by atoms with Crippen molar-refractivity contribution >= 4 is 34.0 Å². The van der Waals surface area contributed by atoms with Gasteiger partial charge in [0.05, 0.1) is 30.9 Å². The van der Waals surface area contributed by atoms with E-state index in [0.29, 0.717) is 68.8 Å². The summed E-state index contributed by atoms with van der Waals surface area (Å²) in [6, 6.07) is 18.0. The van der Waals surface area contributed by atoms with E-state index in [4.69, 9.17) is 14.2 Å². The lowest BCUT2D eigenvalue weighted by Gasteiger charge is -2.50. The van der Waals surface area contributed by atoms with Crippen molar-refractivity contribution in [3.8, 4) is 46.3 Å². The fraction of sp³-hybridized carbons (Fsp3) is 0.477. The Hall–Kier alpha value is -8.71. The second-order valence-corrected chi connectivity index (χ2v) is 32.1. The van der Waals surface area contributed by atoms with E-state index in [-0.39, 0.29) is 101 Å². The minimum absolute atomic E-state index is 0.0187. The third kappa shape index (κ3) is 11.4. The Bertz CT molecular complexity index is 4570. The summed E-state index contributed by atoms with van der Waals surface area (Å²) >= 11 is 0. The van der Waals surface area contributed by atoms with Crippen LogP contribution in [0, 0.1) is 57.7 Å². The zero-order chi connectivity index (χ0) is 69.1. The number of carbonyl (C=O) groups is 3. The molecule has 2 aromatic heterocycles. The van der Waals surface area contributed by atoms with Crippen LogP contribution >= 0.6 is 0 Å². The Labute approximate surface area is 591 Å². The van der Waals surface area contributed by atoms with Crippen molar-refractivity contribution in [2.45, 2.75) is 184 Å². The van der Waals surface area contributed by atoms with Crippen LogP contribution in [0.5, 0.6) is 34.5 Å². The second-order valence-electron chi connectivity index (χ2n) is 32.1. The Balaban J connectivity index is 0.897. The van der Waals surface area contributed by atoms with Crippen LogP contribution in [0.25, 0.3) is 10.8 Å². The lowest BCUT2D eigenvalue weighted by molar-refractivity contribution is -0.148. The van der Waals surface area contributed by atoms with Crippen LogP contribution in [0.3, 0.4) is 0 Å². The maximum atomic E-state index is 16.1. The van der Waals surface area contributed by atoms with Gasteiger partial charge in [0.15, 0.2) is 11.5 Å². The molecule has 0 radical (unpaired) electrons. The number of nitrogens with one attached hydrogen (secondary N) is 2. The van der Waals surface area contributed by atoms with E-state index >= 15 is 4.79 Å². The van der Waals surface area contributed by atoms with Crippen LogP contribution in [0.4, 0.5) is 5.69 Å². The molecule has 8 aliphatic carbocycles. The molecular weight excluding hydrogens is 1260 g/mol. The summed E-state index contributed by atoms with van der Waals surface area (Å²) in [5, 5.41) is 66.2. The third-order valence-electron chi connectivity index (χ3n) is 26.6. The number of nitrogens with zero attached hydrogens (tertiary/aromatic N) is 2. The number of ketones is 2.